The van der Waals surface area contributed by atoms with E-state index < -0.39 is 4.92 Å². The number of amides is 1. The van der Waals surface area contributed by atoms with Gasteiger partial charge in [-0.05, 0) is 24.1 Å². The van der Waals surface area contributed by atoms with Crippen molar-refractivity contribution in [2.24, 2.45) is 0 Å². The number of thioether (sulfide) groups is 1. The van der Waals surface area contributed by atoms with Gasteiger partial charge in [-0.3, -0.25) is 14.9 Å². The van der Waals surface area contributed by atoms with Crippen molar-refractivity contribution in [2.75, 3.05) is 5.75 Å². The third kappa shape index (κ3) is 5.25. The van der Waals surface area contributed by atoms with E-state index in [0.717, 1.165) is 11.1 Å². The molecule has 0 aromatic heterocycles. The molecule has 2 aromatic rings. The summed E-state index contributed by atoms with van der Waals surface area (Å²) in [6, 6.07) is 13.8. The number of nitro benzene ring substituents is 1. The first-order valence-corrected chi connectivity index (χ1v) is 8.76. The lowest BCUT2D eigenvalue weighted by Crippen LogP contribution is -2.25. The molecule has 0 heterocycles. The first-order chi connectivity index (χ1) is 11.5. The maximum absolute atomic E-state index is 12.0. The third-order valence-corrected chi connectivity index (χ3v) is 5.02. The monoisotopic (exact) mass is 364 g/mol. The Bertz CT molecular complexity index is 739. The van der Waals surface area contributed by atoms with Crippen molar-refractivity contribution in [1.29, 1.82) is 0 Å². The highest BCUT2D eigenvalue weighted by Crippen LogP contribution is 2.30. The fraction of sp³-hybridized carbons (Fsp3) is 0.235. The summed E-state index contributed by atoms with van der Waals surface area (Å²) in [5, 5.41) is 14.2. The number of hydrogen-bond acceptors (Lipinski definition) is 4. The molecule has 1 amide bonds. The number of nitrogens with one attached hydrogen (secondary N) is 1. The van der Waals surface area contributed by atoms with Crippen molar-refractivity contribution < 1.29 is 9.72 Å². The molecule has 2 aromatic carbocycles. The average Bonchev–Trinajstić information content (AvgIpc) is 2.59. The Labute approximate surface area is 149 Å². The van der Waals surface area contributed by atoms with Crippen LogP contribution in [0.5, 0.6) is 0 Å². The summed E-state index contributed by atoms with van der Waals surface area (Å²) < 4.78 is 0. The number of nitro groups is 1. The van der Waals surface area contributed by atoms with Crippen LogP contribution in [0.15, 0.2) is 48.5 Å². The van der Waals surface area contributed by atoms with Crippen LogP contribution in [-0.4, -0.2) is 16.6 Å². The Morgan fingerprint density at radius 2 is 2.04 bits per heavy atom. The van der Waals surface area contributed by atoms with Crippen LogP contribution in [0.2, 0.25) is 5.02 Å². The fourth-order valence-corrected chi connectivity index (χ4v) is 3.12. The van der Waals surface area contributed by atoms with Crippen molar-refractivity contribution in [2.45, 2.75) is 18.7 Å². The van der Waals surface area contributed by atoms with E-state index in [1.165, 1.54) is 17.8 Å². The second-order valence-corrected chi connectivity index (χ2v) is 6.91. The highest BCUT2D eigenvalue weighted by Gasteiger charge is 2.13. The van der Waals surface area contributed by atoms with E-state index >= 15 is 0 Å². The topological polar surface area (TPSA) is 72.2 Å². The van der Waals surface area contributed by atoms with Crippen molar-refractivity contribution in [3.05, 3.63) is 74.8 Å². The molecule has 0 saturated heterocycles. The number of non-ortho nitro benzene ring substituents is 1. The second kappa shape index (κ2) is 8.70. The predicted octanol–water partition coefficient (Wildman–Crippen LogP) is 4.36. The first kappa shape index (κ1) is 18.3. The molecule has 7 heteroatoms. The SMILES string of the molecule is C[C@H](SCC(=O)NCc1ccccc1Cl)c1cccc([N+](=O)[O-])c1. The van der Waals surface area contributed by atoms with Crippen LogP contribution >= 0.6 is 23.4 Å². The second-order valence-electron chi connectivity index (χ2n) is 5.17. The van der Waals surface area contributed by atoms with E-state index in [4.69, 9.17) is 11.6 Å². The molecule has 126 valence electrons. The number of halogens is 1. The summed E-state index contributed by atoms with van der Waals surface area (Å²) in [7, 11) is 0. The van der Waals surface area contributed by atoms with Gasteiger partial charge in [0.2, 0.25) is 5.91 Å². The molecule has 0 bridgehead atoms. The minimum absolute atomic E-state index is 0.0176. The molecule has 1 atom stereocenters. The smallest absolute Gasteiger partial charge is 0.269 e. The quantitative estimate of drug-likeness (QED) is 0.585. The average molecular weight is 365 g/mol. The van der Waals surface area contributed by atoms with Crippen LogP contribution in [0, 0.1) is 10.1 Å². The Balaban J connectivity index is 1.84. The molecule has 0 saturated carbocycles. The highest BCUT2D eigenvalue weighted by atomic mass is 35.5. The van der Waals surface area contributed by atoms with Gasteiger partial charge in [0.1, 0.15) is 0 Å². The van der Waals surface area contributed by atoms with E-state index in [9.17, 15) is 14.9 Å². The van der Waals surface area contributed by atoms with E-state index in [0.29, 0.717) is 11.6 Å². The van der Waals surface area contributed by atoms with Crippen LogP contribution in [0.25, 0.3) is 0 Å². The van der Waals surface area contributed by atoms with E-state index in [1.807, 2.05) is 31.2 Å². The zero-order chi connectivity index (χ0) is 17.5. The van der Waals surface area contributed by atoms with Crippen LogP contribution < -0.4 is 5.32 Å². The van der Waals surface area contributed by atoms with Crippen LogP contribution in [0.4, 0.5) is 5.69 Å². The molecule has 0 fully saturated rings. The van der Waals surface area contributed by atoms with E-state index in [2.05, 4.69) is 5.32 Å². The largest absolute Gasteiger partial charge is 0.351 e. The number of hydrogen-bond donors (Lipinski definition) is 1. The Kier molecular flexibility index (Phi) is 6.63. The van der Waals surface area contributed by atoms with Gasteiger partial charge >= 0.3 is 0 Å². The van der Waals surface area contributed by atoms with Gasteiger partial charge in [-0.15, -0.1) is 11.8 Å². The summed E-state index contributed by atoms with van der Waals surface area (Å²) in [6.07, 6.45) is 0. The lowest BCUT2D eigenvalue weighted by molar-refractivity contribution is -0.384. The molecule has 0 aliphatic rings. The Morgan fingerprint density at radius 3 is 2.75 bits per heavy atom. The summed E-state index contributed by atoms with van der Waals surface area (Å²) in [4.78, 5) is 22.3. The molecule has 0 unspecified atom stereocenters. The minimum Gasteiger partial charge on any atom is -0.351 e. The number of carbonyl (C=O) groups is 1. The molecule has 0 radical (unpaired) electrons. The molecule has 0 aliphatic heterocycles. The normalized spacial score (nSPS) is 11.8. The summed E-state index contributed by atoms with van der Waals surface area (Å²) >= 11 is 7.47. The summed E-state index contributed by atoms with van der Waals surface area (Å²) in [5.74, 6) is 0.172. The van der Waals surface area contributed by atoms with Gasteiger partial charge in [0, 0.05) is 29.0 Å². The van der Waals surface area contributed by atoms with Crippen molar-refractivity contribution in [3.63, 3.8) is 0 Å². The minimum atomic E-state index is -0.419. The maximum atomic E-state index is 12.0. The van der Waals surface area contributed by atoms with Crippen LogP contribution in [0.1, 0.15) is 23.3 Å². The number of carbonyl (C=O) groups excluding carboxylic acids is 1. The van der Waals surface area contributed by atoms with Gasteiger partial charge in [-0.1, -0.05) is 41.9 Å². The Morgan fingerprint density at radius 1 is 1.29 bits per heavy atom. The summed E-state index contributed by atoms with van der Waals surface area (Å²) in [5.41, 5.74) is 1.75. The van der Waals surface area contributed by atoms with Crippen molar-refractivity contribution in [3.8, 4) is 0 Å². The van der Waals surface area contributed by atoms with Gasteiger partial charge in [-0.2, -0.15) is 0 Å². The van der Waals surface area contributed by atoms with Gasteiger partial charge in [0.15, 0.2) is 0 Å². The van der Waals surface area contributed by atoms with E-state index in [1.54, 1.807) is 18.2 Å². The van der Waals surface area contributed by atoms with Gasteiger partial charge in [0.05, 0.1) is 10.7 Å². The lowest BCUT2D eigenvalue weighted by Gasteiger charge is -2.12. The lowest BCUT2D eigenvalue weighted by atomic mass is 10.1. The molecular weight excluding hydrogens is 348 g/mol. The maximum Gasteiger partial charge on any atom is 0.269 e. The van der Waals surface area contributed by atoms with Crippen LogP contribution in [0.3, 0.4) is 0 Å². The number of benzene rings is 2. The van der Waals surface area contributed by atoms with Crippen molar-refractivity contribution >= 4 is 35.0 Å². The van der Waals surface area contributed by atoms with Crippen molar-refractivity contribution in [1.82, 2.24) is 5.32 Å². The molecule has 24 heavy (non-hydrogen) atoms. The highest BCUT2D eigenvalue weighted by molar-refractivity contribution is 8.00. The molecule has 2 rings (SSSR count). The number of rotatable bonds is 7. The third-order valence-electron chi connectivity index (χ3n) is 3.45. The number of nitrogens with zero attached hydrogens (tertiary/aromatic N) is 1. The zero-order valence-electron chi connectivity index (χ0n) is 13.1. The fourth-order valence-electron chi connectivity index (χ4n) is 2.07. The molecule has 0 spiro atoms. The Hall–Kier alpha value is -2.05. The standard InChI is InChI=1S/C17H17ClN2O3S/c1-12(13-6-4-7-15(9-13)20(22)23)24-11-17(21)19-10-14-5-2-3-8-16(14)18/h2-9,12H,10-11H2,1H3,(H,19,21)/t12-/m0/s1. The van der Waals surface area contributed by atoms with Gasteiger partial charge < -0.3 is 5.32 Å². The summed E-state index contributed by atoms with van der Waals surface area (Å²) in [6.45, 7) is 2.30. The predicted molar refractivity (Wildman–Crippen MR) is 97.3 cm³/mol. The molecule has 0 aliphatic carbocycles. The van der Waals surface area contributed by atoms with Gasteiger partial charge in [0.25, 0.3) is 5.69 Å². The first-order valence-electron chi connectivity index (χ1n) is 7.33. The molecule has 5 nitrogen and oxygen atoms in total. The molecule has 1 N–H and O–H groups in total. The zero-order valence-corrected chi connectivity index (χ0v) is 14.6. The van der Waals surface area contributed by atoms with E-state index in [-0.39, 0.29) is 22.6 Å². The van der Waals surface area contributed by atoms with Gasteiger partial charge in [-0.25, -0.2) is 0 Å². The van der Waals surface area contributed by atoms with Crippen LogP contribution in [-0.2, 0) is 11.3 Å². The molecular formula is C17H17ClN2O3S.